The van der Waals surface area contributed by atoms with E-state index in [1.54, 1.807) is 0 Å². The number of carbonyl (C=O) groups is 1. The van der Waals surface area contributed by atoms with Gasteiger partial charge in [-0.1, -0.05) is 42.5 Å². The summed E-state index contributed by atoms with van der Waals surface area (Å²) in [5.74, 6) is 0.175. The van der Waals surface area contributed by atoms with Crippen LogP contribution in [0.1, 0.15) is 32.6 Å². The van der Waals surface area contributed by atoms with Crippen LogP contribution in [0, 0.1) is 13.8 Å². The summed E-state index contributed by atoms with van der Waals surface area (Å²) < 4.78 is 0. The number of carbonyl (C=O) groups excluding carboxylic acids is 1. The standard InChI is InChI=1S/C18H16O/c1-12-7-8-14(9-13(12)2)10-16-11-15-5-3-4-6-17(15)18(16)19/h3-10H,11H2,1-2H3/b16-10-. The number of fused-ring (bicyclic) bond motifs is 1. The summed E-state index contributed by atoms with van der Waals surface area (Å²) in [5, 5.41) is 0. The second kappa shape index (κ2) is 4.51. The maximum absolute atomic E-state index is 12.3. The second-order valence-corrected chi connectivity index (χ2v) is 5.18. The second-order valence-electron chi connectivity index (χ2n) is 5.18. The van der Waals surface area contributed by atoms with E-state index in [1.807, 2.05) is 30.3 Å². The number of allylic oxidation sites excluding steroid dienone is 1. The van der Waals surface area contributed by atoms with Gasteiger partial charge in [0, 0.05) is 17.6 Å². The zero-order chi connectivity index (χ0) is 13.4. The van der Waals surface area contributed by atoms with Gasteiger partial charge in [0.05, 0.1) is 0 Å². The highest BCUT2D eigenvalue weighted by Crippen LogP contribution is 2.27. The first-order valence-corrected chi connectivity index (χ1v) is 6.55. The van der Waals surface area contributed by atoms with Gasteiger partial charge in [0.15, 0.2) is 5.78 Å². The molecule has 0 unspecified atom stereocenters. The van der Waals surface area contributed by atoms with Gasteiger partial charge in [-0.2, -0.15) is 0 Å². The highest BCUT2D eigenvalue weighted by atomic mass is 16.1. The lowest BCUT2D eigenvalue weighted by molar-refractivity contribution is 0.104. The van der Waals surface area contributed by atoms with E-state index in [1.165, 1.54) is 11.1 Å². The zero-order valence-electron chi connectivity index (χ0n) is 11.2. The van der Waals surface area contributed by atoms with Crippen molar-refractivity contribution in [1.29, 1.82) is 0 Å². The monoisotopic (exact) mass is 248 g/mol. The van der Waals surface area contributed by atoms with Gasteiger partial charge in [-0.15, -0.1) is 0 Å². The lowest BCUT2D eigenvalue weighted by atomic mass is 10.0. The molecule has 1 heteroatoms. The van der Waals surface area contributed by atoms with E-state index >= 15 is 0 Å². The molecule has 0 spiro atoms. The minimum absolute atomic E-state index is 0.175. The molecule has 0 saturated carbocycles. The number of aryl methyl sites for hydroxylation is 2. The average molecular weight is 248 g/mol. The molecule has 3 rings (SSSR count). The zero-order valence-corrected chi connectivity index (χ0v) is 11.2. The SMILES string of the molecule is Cc1ccc(/C=C2/Cc3ccccc3C2=O)cc1C. The van der Waals surface area contributed by atoms with Crippen molar-refractivity contribution >= 4 is 11.9 Å². The third kappa shape index (κ3) is 2.12. The predicted molar refractivity (Wildman–Crippen MR) is 78.4 cm³/mol. The van der Waals surface area contributed by atoms with Crippen LogP contribution in [-0.2, 0) is 6.42 Å². The summed E-state index contributed by atoms with van der Waals surface area (Å²) in [6.45, 7) is 4.20. The molecule has 2 aromatic rings. The number of hydrogen-bond acceptors (Lipinski definition) is 1. The van der Waals surface area contributed by atoms with E-state index in [2.05, 4.69) is 32.0 Å². The number of hydrogen-bond donors (Lipinski definition) is 0. The van der Waals surface area contributed by atoms with Crippen molar-refractivity contribution < 1.29 is 4.79 Å². The van der Waals surface area contributed by atoms with Crippen LogP contribution in [0.15, 0.2) is 48.0 Å². The van der Waals surface area contributed by atoms with Crippen LogP contribution in [0.5, 0.6) is 0 Å². The quantitative estimate of drug-likeness (QED) is 0.694. The van der Waals surface area contributed by atoms with Gasteiger partial charge in [0.25, 0.3) is 0 Å². The summed E-state index contributed by atoms with van der Waals surface area (Å²) in [4.78, 5) is 12.3. The van der Waals surface area contributed by atoms with Crippen LogP contribution in [0.4, 0.5) is 0 Å². The molecule has 1 aliphatic rings. The van der Waals surface area contributed by atoms with Gasteiger partial charge in [-0.05, 0) is 42.2 Å². The van der Waals surface area contributed by atoms with Crippen LogP contribution >= 0.6 is 0 Å². The van der Waals surface area contributed by atoms with E-state index in [0.29, 0.717) is 0 Å². The van der Waals surface area contributed by atoms with Crippen LogP contribution in [-0.4, -0.2) is 5.78 Å². The fourth-order valence-corrected chi connectivity index (χ4v) is 2.53. The third-order valence-corrected chi connectivity index (χ3v) is 3.81. The van der Waals surface area contributed by atoms with E-state index in [0.717, 1.165) is 28.7 Å². The summed E-state index contributed by atoms with van der Waals surface area (Å²) in [6, 6.07) is 14.2. The van der Waals surface area contributed by atoms with Gasteiger partial charge in [0.2, 0.25) is 0 Å². The number of ketones is 1. The van der Waals surface area contributed by atoms with Crippen LogP contribution in [0.3, 0.4) is 0 Å². The summed E-state index contributed by atoms with van der Waals surface area (Å²) in [6.07, 6.45) is 2.77. The summed E-state index contributed by atoms with van der Waals surface area (Å²) in [7, 11) is 0. The average Bonchev–Trinajstić information content (AvgIpc) is 2.72. The fourth-order valence-electron chi connectivity index (χ4n) is 2.53. The van der Waals surface area contributed by atoms with Crippen LogP contribution in [0.2, 0.25) is 0 Å². The van der Waals surface area contributed by atoms with Gasteiger partial charge < -0.3 is 0 Å². The van der Waals surface area contributed by atoms with Crippen molar-refractivity contribution in [3.05, 3.63) is 75.9 Å². The topological polar surface area (TPSA) is 17.1 Å². The minimum atomic E-state index is 0.175. The fraction of sp³-hybridized carbons (Fsp3) is 0.167. The van der Waals surface area contributed by atoms with E-state index in [-0.39, 0.29) is 5.78 Å². The highest BCUT2D eigenvalue weighted by molar-refractivity contribution is 6.15. The van der Waals surface area contributed by atoms with Gasteiger partial charge in [-0.25, -0.2) is 0 Å². The Balaban J connectivity index is 1.98. The lowest BCUT2D eigenvalue weighted by Crippen LogP contribution is -1.95. The summed E-state index contributed by atoms with van der Waals surface area (Å²) >= 11 is 0. The van der Waals surface area contributed by atoms with Crippen molar-refractivity contribution in [3.8, 4) is 0 Å². The molecule has 0 atom stereocenters. The number of Topliss-reactive ketones (excluding diaryl/α,β-unsaturated/α-hetero) is 1. The molecule has 0 heterocycles. The van der Waals surface area contributed by atoms with E-state index in [4.69, 9.17) is 0 Å². The van der Waals surface area contributed by atoms with Crippen LogP contribution < -0.4 is 0 Å². The Morgan fingerprint density at radius 1 is 1.00 bits per heavy atom. The van der Waals surface area contributed by atoms with Gasteiger partial charge in [-0.3, -0.25) is 4.79 Å². The van der Waals surface area contributed by atoms with Crippen LogP contribution in [0.25, 0.3) is 6.08 Å². The Morgan fingerprint density at radius 3 is 2.53 bits per heavy atom. The molecule has 0 saturated heterocycles. The molecule has 2 aromatic carbocycles. The van der Waals surface area contributed by atoms with Crippen molar-refractivity contribution in [1.82, 2.24) is 0 Å². The molecule has 0 aromatic heterocycles. The molecule has 0 amide bonds. The van der Waals surface area contributed by atoms with Crippen molar-refractivity contribution in [3.63, 3.8) is 0 Å². The first-order chi connectivity index (χ1) is 9.15. The maximum atomic E-state index is 12.3. The molecule has 0 bridgehead atoms. The molecular formula is C18H16O. The molecule has 0 radical (unpaired) electrons. The maximum Gasteiger partial charge on any atom is 0.189 e. The Bertz CT molecular complexity index is 693. The molecule has 1 aliphatic carbocycles. The largest absolute Gasteiger partial charge is 0.289 e. The Morgan fingerprint density at radius 2 is 1.79 bits per heavy atom. The van der Waals surface area contributed by atoms with E-state index in [9.17, 15) is 4.79 Å². The molecule has 0 aliphatic heterocycles. The Labute approximate surface area is 113 Å². The smallest absolute Gasteiger partial charge is 0.189 e. The third-order valence-electron chi connectivity index (χ3n) is 3.81. The minimum Gasteiger partial charge on any atom is -0.289 e. The summed E-state index contributed by atoms with van der Waals surface area (Å²) in [5.41, 5.74) is 6.55. The normalized spacial score (nSPS) is 15.9. The molecule has 19 heavy (non-hydrogen) atoms. The first-order valence-electron chi connectivity index (χ1n) is 6.55. The Hall–Kier alpha value is -2.15. The van der Waals surface area contributed by atoms with Gasteiger partial charge in [0.1, 0.15) is 0 Å². The lowest BCUT2D eigenvalue weighted by Gasteiger charge is -2.02. The molecular weight excluding hydrogens is 232 g/mol. The highest BCUT2D eigenvalue weighted by Gasteiger charge is 2.23. The molecule has 0 N–H and O–H groups in total. The van der Waals surface area contributed by atoms with Crippen molar-refractivity contribution in [2.45, 2.75) is 20.3 Å². The van der Waals surface area contributed by atoms with Crippen molar-refractivity contribution in [2.75, 3.05) is 0 Å². The van der Waals surface area contributed by atoms with Gasteiger partial charge >= 0.3 is 0 Å². The van der Waals surface area contributed by atoms with Crippen molar-refractivity contribution in [2.24, 2.45) is 0 Å². The first kappa shape index (κ1) is 11.9. The Kier molecular flexibility index (Phi) is 2.83. The predicted octanol–water partition coefficient (Wildman–Crippen LogP) is 4.13. The number of rotatable bonds is 1. The molecule has 0 fully saturated rings. The van der Waals surface area contributed by atoms with E-state index < -0.39 is 0 Å². The molecule has 94 valence electrons. The molecule has 1 nitrogen and oxygen atoms in total. The number of benzene rings is 2.